The number of carbonyl (C=O) groups is 3. The van der Waals surface area contributed by atoms with E-state index in [1.54, 1.807) is 33.8 Å². The summed E-state index contributed by atoms with van der Waals surface area (Å²) in [5.74, 6) is -3.07. The lowest BCUT2D eigenvalue weighted by atomic mass is 9.97. The number of methoxy groups -OCH3 is 1. The van der Waals surface area contributed by atoms with E-state index >= 15 is 0 Å². The second kappa shape index (κ2) is 12.2. The van der Waals surface area contributed by atoms with Crippen molar-refractivity contribution in [1.29, 1.82) is 5.26 Å². The number of nitrogens with zero attached hydrogens (tertiary/aromatic N) is 3. The van der Waals surface area contributed by atoms with Crippen molar-refractivity contribution in [3.8, 4) is 17.6 Å². The van der Waals surface area contributed by atoms with E-state index in [1.807, 2.05) is 0 Å². The Hall–Kier alpha value is -4.14. The monoisotopic (exact) mass is 477 g/mol. The molecule has 1 aromatic carbocycles. The summed E-state index contributed by atoms with van der Waals surface area (Å²) in [6, 6.07) is 3.68. The van der Waals surface area contributed by atoms with Crippen molar-refractivity contribution < 1.29 is 38.6 Å². The van der Waals surface area contributed by atoms with Gasteiger partial charge in [0, 0.05) is 19.2 Å². The molecule has 12 heteroatoms. The molecule has 12 nitrogen and oxygen atoms in total. The van der Waals surface area contributed by atoms with Gasteiger partial charge in [0.25, 0.3) is 5.91 Å². The number of aromatic hydroxyl groups is 1. The molecule has 0 aromatic heterocycles. The fraction of sp³-hybridized carbons (Fsp3) is 0.455. The SMILES string of the molecule is CCN(CC)C(=O)C(C#N)=Cc1cc(OC(=O)OC(CC)(CC)C(=O)OC)c(O)c([N+](=O)[O-])c1. The van der Waals surface area contributed by atoms with Gasteiger partial charge in [0.15, 0.2) is 5.75 Å². The second-order valence-corrected chi connectivity index (χ2v) is 6.94. The number of nitriles is 1. The van der Waals surface area contributed by atoms with E-state index < -0.39 is 45.7 Å². The minimum absolute atomic E-state index is 0.0547. The number of phenols is 1. The highest BCUT2D eigenvalue weighted by molar-refractivity contribution is 6.01. The predicted octanol–water partition coefficient (Wildman–Crippen LogP) is 3.32. The molecule has 0 aliphatic carbocycles. The topological polar surface area (TPSA) is 169 Å². The van der Waals surface area contributed by atoms with E-state index in [0.717, 1.165) is 25.3 Å². The van der Waals surface area contributed by atoms with E-state index in [2.05, 4.69) is 4.74 Å². The fourth-order valence-corrected chi connectivity index (χ4v) is 3.08. The number of ether oxygens (including phenoxy) is 3. The van der Waals surface area contributed by atoms with Crippen LogP contribution in [0.4, 0.5) is 10.5 Å². The molecule has 0 atom stereocenters. The van der Waals surface area contributed by atoms with Crippen molar-refractivity contribution in [3.63, 3.8) is 0 Å². The number of nitro benzene ring substituents is 1. The summed E-state index contributed by atoms with van der Waals surface area (Å²) in [6.45, 7) is 7.28. The molecule has 0 radical (unpaired) electrons. The normalized spacial score (nSPS) is 11.2. The molecule has 0 unspecified atom stereocenters. The molecule has 1 N–H and O–H groups in total. The van der Waals surface area contributed by atoms with Crippen LogP contribution in [0.3, 0.4) is 0 Å². The van der Waals surface area contributed by atoms with Gasteiger partial charge in [0.2, 0.25) is 11.4 Å². The third-order valence-corrected chi connectivity index (χ3v) is 5.16. The van der Waals surface area contributed by atoms with Crippen LogP contribution >= 0.6 is 0 Å². The second-order valence-electron chi connectivity index (χ2n) is 6.94. The van der Waals surface area contributed by atoms with Gasteiger partial charge in [-0.25, -0.2) is 9.59 Å². The lowest BCUT2D eigenvalue weighted by Crippen LogP contribution is -2.43. The first-order chi connectivity index (χ1) is 16.0. The zero-order valence-corrected chi connectivity index (χ0v) is 19.6. The summed E-state index contributed by atoms with van der Waals surface area (Å²) in [5, 5.41) is 31.0. The summed E-state index contributed by atoms with van der Waals surface area (Å²) in [7, 11) is 1.12. The zero-order valence-electron chi connectivity index (χ0n) is 19.6. The van der Waals surface area contributed by atoms with E-state index in [9.17, 15) is 34.9 Å². The first-order valence-electron chi connectivity index (χ1n) is 10.5. The fourth-order valence-electron chi connectivity index (χ4n) is 3.08. The third-order valence-electron chi connectivity index (χ3n) is 5.16. The molecular weight excluding hydrogens is 450 g/mol. The quantitative estimate of drug-likeness (QED) is 0.132. The molecule has 1 aromatic rings. The van der Waals surface area contributed by atoms with Gasteiger partial charge in [-0.05, 0) is 44.4 Å². The van der Waals surface area contributed by atoms with Crippen LogP contribution in [0.15, 0.2) is 17.7 Å². The summed E-state index contributed by atoms with van der Waals surface area (Å²) < 4.78 is 14.8. The summed E-state index contributed by atoms with van der Waals surface area (Å²) in [5.41, 5.74) is -2.88. The number of rotatable bonds is 10. The Balaban J connectivity index is 3.46. The molecule has 1 rings (SSSR count). The lowest BCUT2D eigenvalue weighted by Gasteiger charge is -2.27. The van der Waals surface area contributed by atoms with Gasteiger partial charge in [0.05, 0.1) is 12.0 Å². The van der Waals surface area contributed by atoms with Crippen LogP contribution in [-0.2, 0) is 19.1 Å². The van der Waals surface area contributed by atoms with Gasteiger partial charge in [-0.15, -0.1) is 0 Å². The van der Waals surface area contributed by atoms with E-state index in [1.165, 1.54) is 4.90 Å². The Bertz CT molecular complexity index is 1020. The van der Waals surface area contributed by atoms with Crippen LogP contribution in [0.25, 0.3) is 6.08 Å². The first kappa shape index (κ1) is 27.9. The molecule has 34 heavy (non-hydrogen) atoms. The maximum Gasteiger partial charge on any atom is 0.515 e. The Morgan fingerprint density at radius 3 is 2.24 bits per heavy atom. The molecule has 0 saturated heterocycles. The van der Waals surface area contributed by atoms with Crippen molar-refractivity contribution in [2.24, 2.45) is 0 Å². The number of hydrogen-bond donors (Lipinski definition) is 1. The average Bonchev–Trinajstić information content (AvgIpc) is 2.82. The molecule has 0 saturated carbocycles. The molecule has 0 fully saturated rings. The Labute approximate surface area is 196 Å². The molecular formula is C22H27N3O9. The number of benzene rings is 1. The van der Waals surface area contributed by atoms with Crippen molar-refractivity contribution in [2.75, 3.05) is 20.2 Å². The van der Waals surface area contributed by atoms with Crippen LogP contribution in [-0.4, -0.2) is 58.8 Å². The largest absolute Gasteiger partial charge is 0.515 e. The number of nitro groups is 1. The number of phenolic OH excluding ortho intramolecular Hbond substituents is 1. The number of amides is 1. The van der Waals surface area contributed by atoms with Gasteiger partial charge in [-0.2, -0.15) is 5.26 Å². The van der Waals surface area contributed by atoms with E-state index in [-0.39, 0.29) is 24.0 Å². The number of esters is 1. The van der Waals surface area contributed by atoms with Gasteiger partial charge in [-0.3, -0.25) is 14.9 Å². The summed E-state index contributed by atoms with van der Waals surface area (Å²) in [6.07, 6.45) is -0.236. The van der Waals surface area contributed by atoms with Gasteiger partial charge in [-0.1, -0.05) is 13.8 Å². The number of carbonyl (C=O) groups excluding carboxylic acids is 3. The maximum absolute atomic E-state index is 12.5. The third kappa shape index (κ3) is 6.22. The van der Waals surface area contributed by atoms with Crippen molar-refractivity contribution in [2.45, 2.75) is 46.1 Å². The molecule has 184 valence electrons. The van der Waals surface area contributed by atoms with Gasteiger partial charge < -0.3 is 24.2 Å². The highest BCUT2D eigenvalue weighted by atomic mass is 16.7. The zero-order chi connectivity index (χ0) is 26.1. The van der Waals surface area contributed by atoms with E-state index in [0.29, 0.717) is 13.1 Å². The number of likely N-dealkylation sites (N-methyl/N-ethyl adjacent to an activating group) is 1. The van der Waals surface area contributed by atoms with Gasteiger partial charge in [0.1, 0.15) is 11.6 Å². The Kier molecular flexibility index (Phi) is 10.0. The van der Waals surface area contributed by atoms with Crippen molar-refractivity contribution in [3.05, 3.63) is 33.4 Å². The standard InChI is InChI=1S/C22H27N3O9/c1-6-22(7-2,20(28)32-5)34-21(29)33-17-12-14(11-16(18(17)26)25(30)31)10-15(13-23)19(27)24(8-3)9-4/h10-12,26H,6-9H2,1-5H3. The van der Waals surface area contributed by atoms with Crippen LogP contribution < -0.4 is 4.74 Å². The smallest absolute Gasteiger partial charge is 0.499 e. The molecule has 0 aliphatic rings. The Morgan fingerprint density at radius 1 is 1.21 bits per heavy atom. The highest BCUT2D eigenvalue weighted by Gasteiger charge is 2.41. The van der Waals surface area contributed by atoms with Crippen LogP contribution in [0.5, 0.6) is 11.5 Å². The highest BCUT2D eigenvalue weighted by Crippen LogP contribution is 2.38. The Morgan fingerprint density at radius 2 is 1.79 bits per heavy atom. The lowest BCUT2D eigenvalue weighted by molar-refractivity contribution is -0.385. The predicted molar refractivity (Wildman–Crippen MR) is 119 cm³/mol. The van der Waals surface area contributed by atoms with Crippen LogP contribution in [0.1, 0.15) is 46.1 Å². The van der Waals surface area contributed by atoms with Crippen LogP contribution in [0, 0.1) is 21.4 Å². The van der Waals surface area contributed by atoms with Crippen molar-refractivity contribution >= 4 is 29.8 Å². The summed E-state index contributed by atoms with van der Waals surface area (Å²) >= 11 is 0. The van der Waals surface area contributed by atoms with Crippen LogP contribution in [0.2, 0.25) is 0 Å². The molecule has 0 spiro atoms. The minimum atomic E-state index is -1.66. The van der Waals surface area contributed by atoms with E-state index in [4.69, 9.17) is 9.47 Å². The van der Waals surface area contributed by atoms with Gasteiger partial charge >= 0.3 is 17.8 Å². The minimum Gasteiger partial charge on any atom is -0.499 e. The molecule has 0 heterocycles. The first-order valence-corrected chi connectivity index (χ1v) is 10.5. The molecule has 0 bridgehead atoms. The van der Waals surface area contributed by atoms with Crippen molar-refractivity contribution in [1.82, 2.24) is 4.90 Å². The molecule has 0 aliphatic heterocycles. The average molecular weight is 477 g/mol. The summed E-state index contributed by atoms with van der Waals surface area (Å²) in [4.78, 5) is 48.9. The maximum atomic E-state index is 12.5. The molecule has 1 amide bonds. The number of hydrogen-bond acceptors (Lipinski definition) is 10.